The lowest BCUT2D eigenvalue weighted by Gasteiger charge is -2.20. The van der Waals surface area contributed by atoms with Crippen molar-refractivity contribution in [3.63, 3.8) is 0 Å². The highest BCUT2D eigenvalue weighted by Gasteiger charge is 2.16. The molecule has 0 heterocycles. The number of hydrogen-bond acceptors (Lipinski definition) is 5. The van der Waals surface area contributed by atoms with Gasteiger partial charge in [-0.3, -0.25) is 4.79 Å². The van der Waals surface area contributed by atoms with Gasteiger partial charge in [-0.05, 0) is 30.9 Å². The van der Waals surface area contributed by atoms with E-state index >= 15 is 0 Å². The van der Waals surface area contributed by atoms with Crippen LogP contribution in [-0.4, -0.2) is 33.5 Å². The molecule has 0 bridgehead atoms. The van der Waals surface area contributed by atoms with Crippen molar-refractivity contribution in [3.05, 3.63) is 17.7 Å². The van der Waals surface area contributed by atoms with Gasteiger partial charge in [0.2, 0.25) is 11.7 Å². The molecule has 1 N–H and O–H groups in total. The third-order valence-corrected chi connectivity index (χ3v) is 4.29. The van der Waals surface area contributed by atoms with Crippen molar-refractivity contribution in [3.8, 4) is 17.2 Å². The zero-order chi connectivity index (χ0) is 17.4. The number of carbonyl (C=O) groups excluding carboxylic acids is 1. The van der Waals surface area contributed by atoms with Crippen LogP contribution in [0.3, 0.4) is 0 Å². The largest absolute Gasteiger partial charge is 0.493 e. The number of rotatable bonds is 7. The van der Waals surface area contributed by atoms with Crippen molar-refractivity contribution in [2.75, 3.05) is 21.3 Å². The quantitative estimate of drug-likeness (QED) is 0.614. The van der Waals surface area contributed by atoms with Crippen LogP contribution >= 0.6 is 0 Å². The summed E-state index contributed by atoms with van der Waals surface area (Å²) in [5, 5.41) is 4.04. The van der Waals surface area contributed by atoms with Crippen LogP contribution in [0, 0.1) is 5.92 Å². The summed E-state index contributed by atoms with van der Waals surface area (Å²) < 4.78 is 15.9. The molecule has 1 aromatic rings. The second kappa shape index (κ2) is 9.15. The van der Waals surface area contributed by atoms with Gasteiger partial charge < -0.3 is 14.2 Å². The summed E-state index contributed by atoms with van der Waals surface area (Å²) in [6.07, 6.45) is 8.15. The van der Waals surface area contributed by atoms with E-state index in [9.17, 15) is 4.79 Å². The van der Waals surface area contributed by atoms with Crippen LogP contribution in [0.25, 0.3) is 0 Å². The Hall–Kier alpha value is -2.24. The predicted octanol–water partition coefficient (Wildman–Crippen LogP) is 3.13. The molecule has 24 heavy (non-hydrogen) atoms. The fraction of sp³-hybridized carbons (Fsp3) is 0.556. The van der Waals surface area contributed by atoms with E-state index in [0.29, 0.717) is 29.6 Å². The standard InChI is InChI=1S/C18H26N2O4/c1-22-15-9-14(10-16(23-2)18(15)24-3)12-19-20-17(21)11-13-7-5-4-6-8-13/h9-10,12-13H,4-8,11H2,1-3H3,(H,20,21)/b19-12+. The molecule has 0 spiro atoms. The molecule has 0 atom stereocenters. The highest BCUT2D eigenvalue weighted by atomic mass is 16.5. The van der Waals surface area contributed by atoms with E-state index in [1.165, 1.54) is 19.3 Å². The molecule has 6 heteroatoms. The summed E-state index contributed by atoms with van der Waals surface area (Å²) in [5.41, 5.74) is 3.35. The molecule has 1 amide bonds. The molecule has 0 saturated heterocycles. The molecule has 1 saturated carbocycles. The van der Waals surface area contributed by atoms with Gasteiger partial charge in [-0.1, -0.05) is 19.3 Å². The average Bonchev–Trinajstić information content (AvgIpc) is 2.61. The van der Waals surface area contributed by atoms with Crippen molar-refractivity contribution < 1.29 is 19.0 Å². The summed E-state index contributed by atoms with van der Waals surface area (Å²) in [5.74, 6) is 2.08. The Morgan fingerprint density at radius 1 is 1.12 bits per heavy atom. The van der Waals surface area contributed by atoms with Crippen LogP contribution in [0.1, 0.15) is 44.1 Å². The highest BCUT2D eigenvalue weighted by Crippen LogP contribution is 2.37. The minimum atomic E-state index is -0.0365. The number of nitrogens with one attached hydrogen (secondary N) is 1. The number of methoxy groups -OCH3 is 3. The number of hydrazone groups is 1. The van der Waals surface area contributed by atoms with Crippen molar-refractivity contribution in [2.45, 2.75) is 38.5 Å². The summed E-state index contributed by atoms with van der Waals surface area (Å²) >= 11 is 0. The van der Waals surface area contributed by atoms with E-state index in [1.807, 2.05) is 0 Å². The number of nitrogens with zero attached hydrogens (tertiary/aromatic N) is 1. The first kappa shape index (κ1) is 18.1. The lowest BCUT2D eigenvalue weighted by Crippen LogP contribution is -2.22. The maximum absolute atomic E-state index is 12.0. The summed E-state index contributed by atoms with van der Waals surface area (Å²) in [6.45, 7) is 0. The minimum Gasteiger partial charge on any atom is -0.493 e. The van der Waals surface area contributed by atoms with Crippen LogP contribution in [-0.2, 0) is 4.79 Å². The van der Waals surface area contributed by atoms with Gasteiger partial charge in [-0.15, -0.1) is 0 Å². The highest BCUT2D eigenvalue weighted by molar-refractivity contribution is 5.84. The predicted molar refractivity (Wildman–Crippen MR) is 93.0 cm³/mol. The number of amides is 1. The fourth-order valence-corrected chi connectivity index (χ4v) is 3.05. The number of ether oxygens (including phenoxy) is 3. The third-order valence-electron chi connectivity index (χ3n) is 4.29. The van der Waals surface area contributed by atoms with Gasteiger partial charge in [-0.2, -0.15) is 5.10 Å². The van der Waals surface area contributed by atoms with Crippen LogP contribution in [0.4, 0.5) is 0 Å². The summed E-state index contributed by atoms with van der Waals surface area (Å²) in [4.78, 5) is 12.0. The topological polar surface area (TPSA) is 69.2 Å². The van der Waals surface area contributed by atoms with Gasteiger partial charge in [0.1, 0.15) is 0 Å². The second-order valence-corrected chi connectivity index (χ2v) is 5.96. The molecule has 1 aliphatic rings. The zero-order valence-electron chi connectivity index (χ0n) is 14.6. The molecule has 0 aromatic heterocycles. The normalized spacial score (nSPS) is 15.3. The molecule has 1 aromatic carbocycles. The van der Waals surface area contributed by atoms with Gasteiger partial charge >= 0.3 is 0 Å². The van der Waals surface area contributed by atoms with Crippen LogP contribution in [0.5, 0.6) is 17.2 Å². The van der Waals surface area contributed by atoms with Gasteiger partial charge in [0.15, 0.2) is 11.5 Å². The number of benzene rings is 1. The van der Waals surface area contributed by atoms with Gasteiger partial charge in [-0.25, -0.2) is 5.43 Å². The number of hydrogen-bond donors (Lipinski definition) is 1. The van der Waals surface area contributed by atoms with E-state index in [2.05, 4.69) is 10.5 Å². The molecule has 132 valence electrons. The SMILES string of the molecule is COc1cc(/C=N/NC(=O)CC2CCCCC2)cc(OC)c1OC. The lowest BCUT2D eigenvalue weighted by molar-refractivity contribution is -0.122. The van der Waals surface area contributed by atoms with E-state index < -0.39 is 0 Å². The Balaban J connectivity index is 1.96. The van der Waals surface area contributed by atoms with Crippen molar-refractivity contribution in [2.24, 2.45) is 11.0 Å². The summed E-state index contributed by atoms with van der Waals surface area (Å²) in [7, 11) is 4.67. The molecular formula is C18H26N2O4. The Morgan fingerprint density at radius 3 is 2.29 bits per heavy atom. The second-order valence-electron chi connectivity index (χ2n) is 5.96. The van der Waals surface area contributed by atoms with E-state index in [0.717, 1.165) is 18.4 Å². The zero-order valence-corrected chi connectivity index (χ0v) is 14.6. The summed E-state index contributed by atoms with van der Waals surface area (Å²) in [6, 6.07) is 3.55. The fourth-order valence-electron chi connectivity index (χ4n) is 3.05. The van der Waals surface area contributed by atoms with Crippen molar-refractivity contribution >= 4 is 12.1 Å². The first-order valence-electron chi connectivity index (χ1n) is 8.29. The van der Waals surface area contributed by atoms with Crippen LogP contribution in [0.15, 0.2) is 17.2 Å². The molecule has 6 nitrogen and oxygen atoms in total. The smallest absolute Gasteiger partial charge is 0.240 e. The molecule has 1 fully saturated rings. The first-order valence-corrected chi connectivity index (χ1v) is 8.29. The maximum atomic E-state index is 12.0. The molecule has 0 aliphatic heterocycles. The van der Waals surface area contributed by atoms with Crippen molar-refractivity contribution in [1.82, 2.24) is 5.43 Å². The molecule has 1 aliphatic carbocycles. The van der Waals surface area contributed by atoms with E-state index in [1.54, 1.807) is 39.7 Å². The van der Waals surface area contributed by atoms with Gasteiger partial charge in [0, 0.05) is 12.0 Å². The molecular weight excluding hydrogens is 308 g/mol. The van der Waals surface area contributed by atoms with Gasteiger partial charge in [0.05, 0.1) is 27.5 Å². The van der Waals surface area contributed by atoms with Crippen molar-refractivity contribution in [1.29, 1.82) is 0 Å². The minimum absolute atomic E-state index is 0.0365. The third kappa shape index (κ3) is 4.88. The Labute approximate surface area is 143 Å². The first-order chi connectivity index (χ1) is 11.7. The number of carbonyl (C=O) groups is 1. The van der Waals surface area contributed by atoms with Crippen LogP contribution in [0.2, 0.25) is 0 Å². The Bertz CT molecular complexity index is 555. The Morgan fingerprint density at radius 2 is 1.75 bits per heavy atom. The van der Waals surface area contributed by atoms with E-state index in [4.69, 9.17) is 14.2 Å². The van der Waals surface area contributed by atoms with Crippen LogP contribution < -0.4 is 19.6 Å². The monoisotopic (exact) mass is 334 g/mol. The maximum Gasteiger partial charge on any atom is 0.240 e. The lowest BCUT2D eigenvalue weighted by atomic mass is 9.87. The average molecular weight is 334 g/mol. The Kier molecular flexibility index (Phi) is 6.90. The molecule has 0 radical (unpaired) electrons. The van der Waals surface area contributed by atoms with Gasteiger partial charge in [0.25, 0.3) is 0 Å². The molecule has 2 rings (SSSR count). The van der Waals surface area contributed by atoms with E-state index in [-0.39, 0.29) is 5.91 Å². The molecule has 0 unspecified atom stereocenters.